The molecule has 140 valence electrons. The van der Waals surface area contributed by atoms with Gasteiger partial charge in [-0.1, -0.05) is 0 Å². The minimum atomic E-state index is -0.426. The van der Waals surface area contributed by atoms with Crippen LogP contribution in [-0.2, 0) is 7.05 Å². The lowest BCUT2D eigenvalue weighted by atomic mass is 10.1. The maximum Gasteiger partial charge on any atom is 0.261 e. The van der Waals surface area contributed by atoms with Gasteiger partial charge >= 0.3 is 0 Å². The fourth-order valence-electron chi connectivity index (χ4n) is 3.55. The molecule has 7 heteroatoms. The molecule has 1 aliphatic carbocycles. The Kier molecular flexibility index (Phi) is 4.53. The zero-order chi connectivity index (χ0) is 19.0. The normalized spacial score (nSPS) is 19.4. The molecule has 27 heavy (non-hydrogen) atoms. The fraction of sp³-hybridized carbons (Fsp3) is 0.350. The summed E-state index contributed by atoms with van der Waals surface area (Å²) in [6.07, 6.45) is 5.63. The van der Waals surface area contributed by atoms with Gasteiger partial charge in [-0.15, -0.1) is 0 Å². The number of hydrogen-bond acceptors (Lipinski definition) is 6. The van der Waals surface area contributed by atoms with Crippen molar-refractivity contribution in [1.82, 2.24) is 14.5 Å². The van der Waals surface area contributed by atoms with E-state index in [2.05, 4.69) is 20.6 Å². The number of nitrogens with zero attached hydrogens (tertiary/aromatic N) is 3. The van der Waals surface area contributed by atoms with Crippen LogP contribution in [0.4, 0.5) is 17.5 Å². The molecule has 2 atom stereocenters. The highest BCUT2D eigenvalue weighted by Crippen LogP contribution is 2.28. The van der Waals surface area contributed by atoms with Gasteiger partial charge in [0.25, 0.3) is 5.56 Å². The van der Waals surface area contributed by atoms with E-state index in [1.165, 1.54) is 4.57 Å². The first kappa shape index (κ1) is 17.5. The van der Waals surface area contributed by atoms with Gasteiger partial charge in [-0.05, 0) is 61.4 Å². The van der Waals surface area contributed by atoms with Crippen LogP contribution in [0.25, 0.3) is 10.8 Å². The fourth-order valence-corrected chi connectivity index (χ4v) is 3.55. The summed E-state index contributed by atoms with van der Waals surface area (Å²) in [5.41, 5.74) is 0.977. The Hall–Kier alpha value is -2.93. The Morgan fingerprint density at radius 3 is 2.81 bits per heavy atom. The Bertz CT molecular complexity index is 1050. The second-order valence-corrected chi connectivity index (χ2v) is 7.14. The number of pyridine rings is 3. The third-order valence-corrected chi connectivity index (χ3v) is 5.04. The minimum absolute atomic E-state index is 0.0991. The van der Waals surface area contributed by atoms with Gasteiger partial charge in [0.15, 0.2) is 0 Å². The number of aromatic nitrogens is 3. The van der Waals surface area contributed by atoms with Crippen molar-refractivity contribution in [2.75, 3.05) is 10.6 Å². The lowest BCUT2D eigenvalue weighted by Gasteiger charge is -2.19. The summed E-state index contributed by atoms with van der Waals surface area (Å²) >= 11 is 0. The highest BCUT2D eigenvalue weighted by molar-refractivity contribution is 5.93. The predicted molar refractivity (Wildman–Crippen MR) is 107 cm³/mol. The van der Waals surface area contributed by atoms with Crippen molar-refractivity contribution in [2.24, 2.45) is 7.05 Å². The van der Waals surface area contributed by atoms with Crippen LogP contribution in [0.2, 0.25) is 0 Å². The van der Waals surface area contributed by atoms with E-state index in [0.717, 1.165) is 30.2 Å². The van der Waals surface area contributed by atoms with Gasteiger partial charge < -0.3 is 20.3 Å². The number of aryl methyl sites for hydroxylation is 2. The molecule has 3 heterocycles. The van der Waals surface area contributed by atoms with Crippen molar-refractivity contribution in [3.63, 3.8) is 0 Å². The van der Waals surface area contributed by atoms with Gasteiger partial charge in [0.05, 0.1) is 17.5 Å². The molecule has 0 saturated heterocycles. The van der Waals surface area contributed by atoms with Crippen LogP contribution in [0.1, 0.15) is 24.8 Å². The summed E-state index contributed by atoms with van der Waals surface area (Å²) in [5.74, 6) is 1.79. The molecule has 1 fully saturated rings. The van der Waals surface area contributed by atoms with Gasteiger partial charge in [-0.25, -0.2) is 9.97 Å². The van der Waals surface area contributed by atoms with Crippen molar-refractivity contribution in [3.05, 3.63) is 52.6 Å². The van der Waals surface area contributed by atoms with Gasteiger partial charge in [-0.3, -0.25) is 4.79 Å². The van der Waals surface area contributed by atoms with E-state index in [0.29, 0.717) is 22.8 Å². The summed E-state index contributed by atoms with van der Waals surface area (Å²) in [7, 11) is 1.72. The van der Waals surface area contributed by atoms with Crippen LogP contribution in [0.15, 0.2) is 41.5 Å². The van der Waals surface area contributed by atoms with Crippen LogP contribution >= 0.6 is 0 Å². The molecule has 1 aliphatic rings. The molecule has 0 aliphatic heterocycles. The van der Waals surface area contributed by atoms with Crippen molar-refractivity contribution in [2.45, 2.75) is 38.3 Å². The molecule has 0 spiro atoms. The van der Waals surface area contributed by atoms with E-state index >= 15 is 0 Å². The number of rotatable bonds is 4. The van der Waals surface area contributed by atoms with E-state index in [1.807, 2.05) is 31.2 Å². The average molecular weight is 365 g/mol. The topological polar surface area (TPSA) is 92.1 Å². The van der Waals surface area contributed by atoms with Crippen molar-refractivity contribution in [1.29, 1.82) is 0 Å². The largest absolute Gasteiger partial charge is 0.391 e. The predicted octanol–water partition coefficient (Wildman–Crippen LogP) is 2.71. The van der Waals surface area contributed by atoms with Crippen LogP contribution in [0, 0.1) is 6.92 Å². The molecule has 3 N–H and O–H groups in total. The van der Waals surface area contributed by atoms with Crippen molar-refractivity contribution < 1.29 is 5.11 Å². The number of aliphatic hydroxyl groups excluding tert-OH is 1. The second kappa shape index (κ2) is 7.00. The lowest BCUT2D eigenvalue weighted by molar-refractivity contribution is 0.171. The maximum absolute atomic E-state index is 12.7. The summed E-state index contributed by atoms with van der Waals surface area (Å²) in [6, 6.07) is 7.50. The monoisotopic (exact) mass is 365 g/mol. The van der Waals surface area contributed by atoms with Gasteiger partial charge in [0.1, 0.15) is 17.5 Å². The van der Waals surface area contributed by atoms with Crippen LogP contribution < -0.4 is 16.2 Å². The molecule has 7 nitrogen and oxygen atoms in total. The number of aliphatic hydroxyl groups is 1. The zero-order valence-electron chi connectivity index (χ0n) is 15.4. The Morgan fingerprint density at radius 2 is 2.07 bits per heavy atom. The number of fused-ring (bicyclic) bond motifs is 1. The second-order valence-electron chi connectivity index (χ2n) is 7.14. The van der Waals surface area contributed by atoms with Crippen molar-refractivity contribution >= 4 is 28.2 Å². The summed E-state index contributed by atoms with van der Waals surface area (Å²) in [5, 5.41) is 18.0. The standard InChI is InChI=1S/C20H23N5O2/c1-12-6-8-21-16(10-12)23-17-11-13-7-9-25(2)20(27)18(13)19(24-17)22-14-4-3-5-15(14)26/h6-11,14-15,26H,3-5H2,1-2H3,(H2,21,22,23,24)/t14-,15+/m0/s1. The van der Waals surface area contributed by atoms with Gasteiger partial charge in [0, 0.05) is 19.4 Å². The maximum atomic E-state index is 12.7. The smallest absolute Gasteiger partial charge is 0.261 e. The molecule has 0 unspecified atom stereocenters. The lowest BCUT2D eigenvalue weighted by Crippen LogP contribution is -2.29. The van der Waals surface area contributed by atoms with E-state index < -0.39 is 6.10 Å². The van der Waals surface area contributed by atoms with E-state index in [4.69, 9.17) is 0 Å². The third-order valence-electron chi connectivity index (χ3n) is 5.04. The summed E-state index contributed by atoms with van der Waals surface area (Å²) in [6.45, 7) is 2.00. The Morgan fingerprint density at radius 1 is 1.22 bits per heavy atom. The molecular formula is C20H23N5O2. The first-order valence-corrected chi connectivity index (χ1v) is 9.16. The van der Waals surface area contributed by atoms with Gasteiger partial charge in [0.2, 0.25) is 0 Å². The molecule has 3 aromatic heterocycles. The molecule has 0 aromatic carbocycles. The first-order chi connectivity index (χ1) is 13.0. The first-order valence-electron chi connectivity index (χ1n) is 9.16. The Labute approximate surface area is 157 Å². The molecule has 0 bridgehead atoms. The third kappa shape index (κ3) is 3.50. The van der Waals surface area contributed by atoms with E-state index in [1.54, 1.807) is 19.4 Å². The number of anilines is 3. The molecule has 0 amide bonds. The highest BCUT2D eigenvalue weighted by atomic mass is 16.3. The van der Waals surface area contributed by atoms with Gasteiger partial charge in [-0.2, -0.15) is 0 Å². The molecule has 1 saturated carbocycles. The molecular weight excluding hydrogens is 342 g/mol. The highest BCUT2D eigenvalue weighted by Gasteiger charge is 2.26. The average Bonchev–Trinajstić information content (AvgIpc) is 3.03. The Balaban J connectivity index is 1.79. The summed E-state index contributed by atoms with van der Waals surface area (Å²) in [4.78, 5) is 21.7. The quantitative estimate of drug-likeness (QED) is 0.658. The van der Waals surface area contributed by atoms with E-state index in [-0.39, 0.29) is 11.6 Å². The summed E-state index contributed by atoms with van der Waals surface area (Å²) < 4.78 is 1.54. The minimum Gasteiger partial charge on any atom is -0.391 e. The molecule has 0 radical (unpaired) electrons. The van der Waals surface area contributed by atoms with Crippen LogP contribution in [-0.4, -0.2) is 31.8 Å². The molecule has 4 rings (SSSR count). The number of hydrogen-bond donors (Lipinski definition) is 3. The van der Waals surface area contributed by atoms with Crippen LogP contribution in [0.5, 0.6) is 0 Å². The van der Waals surface area contributed by atoms with Crippen LogP contribution in [0.3, 0.4) is 0 Å². The SMILES string of the molecule is Cc1ccnc(Nc2cc3ccn(C)c(=O)c3c(N[C@H]3CCC[C@H]3O)n2)c1. The number of nitrogens with one attached hydrogen (secondary N) is 2. The zero-order valence-corrected chi connectivity index (χ0v) is 15.4. The van der Waals surface area contributed by atoms with E-state index in [9.17, 15) is 9.90 Å². The molecule has 3 aromatic rings. The van der Waals surface area contributed by atoms with Crippen molar-refractivity contribution in [3.8, 4) is 0 Å².